The highest BCUT2D eigenvalue weighted by molar-refractivity contribution is 7.93. The SMILES string of the molecule is CC1=CN(c2cccc(OC(F)F)c2)C(Cl)S1=NC(=O)CF. The Bertz CT molecular complexity index is 639. The first kappa shape index (κ1) is 16.8. The van der Waals surface area contributed by atoms with Crippen molar-refractivity contribution >= 4 is 33.9 Å². The Morgan fingerprint density at radius 3 is 2.91 bits per heavy atom. The van der Waals surface area contributed by atoms with E-state index in [1.165, 1.54) is 12.1 Å². The molecule has 1 heterocycles. The fourth-order valence-electron chi connectivity index (χ4n) is 1.83. The molecule has 4 nitrogen and oxygen atoms in total. The standard InChI is InChI=1S/C13H12ClF3N2O2S/c1-8-7-19(12(14)22(8)18-11(20)6-15)9-3-2-4-10(5-9)21-13(16)17/h2-5,7,12-13H,6H2,1H3. The number of allylic oxidation sites excluding steroid dienone is 1. The van der Waals surface area contributed by atoms with Gasteiger partial charge in [-0.15, -0.1) is 0 Å². The molecule has 0 N–H and O–H groups in total. The van der Waals surface area contributed by atoms with Crippen LogP contribution in [0, 0.1) is 0 Å². The molecule has 120 valence electrons. The predicted molar refractivity (Wildman–Crippen MR) is 79.7 cm³/mol. The molecule has 0 radical (unpaired) electrons. The van der Waals surface area contributed by atoms with Crippen LogP contribution in [0.1, 0.15) is 6.92 Å². The van der Waals surface area contributed by atoms with Crippen LogP contribution in [0.2, 0.25) is 0 Å². The summed E-state index contributed by atoms with van der Waals surface area (Å²) in [6.07, 6.45) is 1.65. The zero-order chi connectivity index (χ0) is 16.3. The smallest absolute Gasteiger partial charge is 0.387 e. The predicted octanol–water partition coefficient (Wildman–Crippen LogP) is 3.79. The highest BCUT2D eigenvalue weighted by atomic mass is 35.5. The van der Waals surface area contributed by atoms with Crippen LogP contribution in [0.15, 0.2) is 39.7 Å². The first-order chi connectivity index (χ1) is 10.4. The minimum Gasteiger partial charge on any atom is -0.435 e. The van der Waals surface area contributed by atoms with E-state index in [4.69, 9.17) is 11.6 Å². The third-order valence-corrected chi connectivity index (χ3v) is 5.19. The third-order valence-electron chi connectivity index (χ3n) is 2.71. The van der Waals surface area contributed by atoms with Crippen LogP contribution in [0.25, 0.3) is 0 Å². The van der Waals surface area contributed by atoms with Gasteiger partial charge < -0.3 is 9.64 Å². The van der Waals surface area contributed by atoms with Gasteiger partial charge in [0.05, 0.1) is 0 Å². The van der Waals surface area contributed by atoms with Gasteiger partial charge in [0.25, 0.3) is 5.91 Å². The van der Waals surface area contributed by atoms with Gasteiger partial charge in [-0.25, -0.2) is 4.39 Å². The number of rotatable bonds is 4. The minimum atomic E-state index is -2.93. The highest BCUT2D eigenvalue weighted by Gasteiger charge is 2.28. The van der Waals surface area contributed by atoms with Crippen molar-refractivity contribution in [2.75, 3.05) is 11.6 Å². The van der Waals surface area contributed by atoms with Crippen molar-refractivity contribution in [3.63, 3.8) is 0 Å². The Morgan fingerprint density at radius 1 is 1.55 bits per heavy atom. The third kappa shape index (κ3) is 3.80. The van der Waals surface area contributed by atoms with Crippen LogP contribution in [0.5, 0.6) is 5.75 Å². The summed E-state index contributed by atoms with van der Waals surface area (Å²) in [7, 11) is -0.996. The first-order valence-electron chi connectivity index (χ1n) is 6.12. The lowest BCUT2D eigenvalue weighted by molar-refractivity contribution is -0.118. The van der Waals surface area contributed by atoms with Crippen molar-refractivity contribution < 1.29 is 22.7 Å². The molecule has 2 atom stereocenters. The van der Waals surface area contributed by atoms with Crippen molar-refractivity contribution in [2.24, 2.45) is 4.36 Å². The average molecular weight is 353 g/mol. The van der Waals surface area contributed by atoms with E-state index in [-0.39, 0.29) is 5.75 Å². The van der Waals surface area contributed by atoms with E-state index in [0.29, 0.717) is 10.6 Å². The summed E-state index contributed by atoms with van der Waals surface area (Å²) >= 11 is 6.26. The van der Waals surface area contributed by atoms with Gasteiger partial charge in [0.1, 0.15) is 5.75 Å². The summed E-state index contributed by atoms with van der Waals surface area (Å²) in [4.78, 5) is 12.7. The molecule has 1 aromatic carbocycles. The maximum atomic E-state index is 12.3. The first-order valence-corrected chi connectivity index (χ1v) is 7.80. The van der Waals surface area contributed by atoms with E-state index in [1.807, 2.05) is 0 Å². The second kappa shape index (κ2) is 7.15. The molecular weight excluding hydrogens is 341 g/mol. The number of ether oxygens (including phenoxy) is 1. The van der Waals surface area contributed by atoms with Crippen molar-refractivity contribution in [2.45, 2.75) is 18.4 Å². The van der Waals surface area contributed by atoms with E-state index in [9.17, 15) is 18.0 Å². The Morgan fingerprint density at radius 2 is 2.27 bits per heavy atom. The number of halogens is 4. The van der Waals surface area contributed by atoms with E-state index < -0.39 is 34.7 Å². The van der Waals surface area contributed by atoms with Crippen LogP contribution in [-0.2, 0) is 15.5 Å². The van der Waals surface area contributed by atoms with E-state index in [2.05, 4.69) is 9.10 Å². The Kier molecular flexibility index (Phi) is 5.47. The highest BCUT2D eigenvalue weighted by Crippen LogP contribution is 2.33. The molecule has 0 fully saturated rings. The molecular formula is C13H12ClF3N2O2S. The number of anilines is 1. The quantitative estimate of drug-likeness (QED) is 0.611. The summed E-state index contributed by atoms with van der Waals surface area (Å²) in [6, 6.07) is 5.99. The van der Waals surface area contributed by atoms with E-state index in [1.54, 1.807) is 30.2 Å². The number of carbonyl (C=O) groups is 1. The number of benzene rings is 1. The molecule has 0 spiro atoms. The summed E-state index contributed by atoms with van der Waals surface area (Å²) < 4.78 is 44.9. The lowest BCUT2D eigenvalue weighted by Gasteiger charge is -2.21. The van der Waals surface area contributed by atoms with Crippen molar-refractivity contribution in [1.82, 2.24) is 0 Å². The number of carbonyl (C=O) groups excluding carboxylic acids is 1. The van der Waals surface area contributed by atoms with Gasteiger partial charge in [0.15, 0.2) is 11.5 Å². The fraction of sp³-hybridized carbons (Fsp3) is 0.308. The van der Waals surface area contributed by atoms with Crippen LogP contribution in [0.3, 0.4) is 0 Å². The molecule has 0 bridgehead atoms. The van der Waals surface area contributed by atoms with Gasteiger partial charge in [0.2, 0.25) is 0 Å². The fourth-order valence-corrected chi connectivity index (χ4v) is 3.97. The molecule has 0 saturated heterocycles. The van der Waals surface area contributed by atoms with Crippen LogP contribution >= 0.6 is 11.6 Å². The average Bonchev–Trinajstić information content (AvgIpc) is 2.74. The topological polar surface area (TPSA) is 41.9 Å². The van der Waals surface area contributed by atoms with Gasteiger partial charge in [-0.2, -0.15) is 13.1 Å². The van der Waals surface area contributed by atoms with Crippen LogP contribution in [-0.4, -0.2) is 24.0 Å². The van der Waals surface area contributed by atoms with Crippen LogP contribution < -0.4 is 9.64 Å². The lowest BCUT2D eigenvalue weighted by atomic mass is 10.3. The number of nitrogens with zero attached hydrogens (tertiary/aromatic N) is 2. The molecule has 1 amide bonds. The number of amides is 1. The number of hydrogen-bond acceptors (Lipinski definition) is 3. The molecule has 2 rings (SSSR count). The van der Waals surface area contributed by atoms with Gasteiger partial charge >= 0.3 is 6.61 Å². The molecule has 0 saturated carbocycles. The van der Waals surface area contributed by atoms with Gasteiger partial charge in [0, 0.05) is 22.9 Å². The molecule has 1 aliphatic heterocycles. The Hall–Kier alpha value is -1.54. The van der Waals surface area contributed by atoms with Crippen molar-refractivity contribution in [3.05, 3.63) is 35.4 Å². The largest absolute Gasteiger partial charge is 0.435 e. The lowest BCUT2D eigenvalue weighted by Crippen LogP contribution is -2.24. The summed E-state index contributed by atoms with van der Waals surface area (Å²) in [5.41, 5.74) is 0.510. The van der Waals surface area contributed by atoms with Crippen molar-refractivity contribution in [1.29, 1.82) is 0 Å². The van der Waals surface area contributed by atoms with Crippen molar-refractivity contribution in [3.8, 4) is 5.75 Å². The monoisotopic (exact) mass is 352 g/mol. The minimum absolute atomic E-state index is 0.00836. The van der Waals surface area contributed by atoms with E-state index >= 15 is 0 Å². The molecule has 1 aliphatic rings. The Balaban J connectivity index is 2.27. The zero-order valence-corrected chi connectivity index (χ0v) is 13.0. The van der Waals surface area contributed by atoms with E-state index in [0.717, 1.165) is 0 Å². The maximum absolute atomic E-state index is 12.3. The molecule has 2 unspecified atom stereocenters. The normalized spacial score (nSPS) is 21.4. The molecule has 1 aromatic rings. The molecule has 0 aromatic heterocycles. The number of alkyl halides is 4. The second-order valence-corrected chi connectivity index (χ2v) is 6.82. The molecule has 0 aliphatic carbocycles. The Labute approximate surface area is 132 Å². The maximum Gasteiger partial charge on any atom is 0.387 e. The van der Waals surface area contributed by atoms with Gasteiger partial charge in [-0.05, 0) is 29.7 Å². The second-order valence-electron chi connectivity index (χ2n) is 4.25. The molecule has 22 heavy (non-hydrogen) atoms. The van der Waals surface area contributed by atoms with Gasteiger partial charge in [-0.1, -0.05) is 17.7 Å². The molecule has 9 heteroatoms. The summed E-state index contributed by atoms with van der Waals surface area (Å²) in [5, 5.41) is 0. The van der Waals surface area contributed by atoms with Gasteiger partial charge in [-0.3, -0.25) is 4.79 Å². The summed E-state index contributed by atoms with van der Waals surface area (Å²) in [6.45, 7) is -2.39. The summed E-state index contributed by atoms with van der Waals surface area (Å²) in [5.74, 6) is -0.885. The van der Waals surface area contributed by atoms with Crippen LogP contribution in [0.4, 0.5) is 18.9 Å². The zero-order valence-electron chi connectivity index (χ0n) is 11.4. The number of hydrogen-bond donors (Lipinski definition) is 0.